The van der Waals surface area contributed by atoms with Gasteiger partial charge in [0.15, 0.2) is 0 Å². The zero-order chi connectivity index (χ0) is 13.9. The normalized spacial score (nSPS) is 10.7. The van der Waals surface area contributed by atoms with Gasteiger partial charge in [0.05, 0.1) is 30.9 Å². The molecule has 0 aromatic heterocycles. The van der Waals surface area contributed by atoms with Crippen molar-refractivity contribution < 1.29 is 27.4 Å². The largest absolute Gasteiger partial charge is 0.496 e. The Hall–Kier alpha value is -2.23. The lowest BCUT2D eigenvalue weighted by Crippen LogP contribution is -2.11. The molecule has 0 aliphatic carbocycles. The smallest absolute Gasteiger partial charge is 0.420 e. The van der Waals surface area contributed by atoms with Crippen LogP contribution >= 0.6 is 0 Å². The summed E-state index contributed by atoms with van der Waals surface area (Å²) >= 11 is 0. The number of nitrogens with zero attached hydrogens (tertiary/aromatic N) is 1. The molecule has 4 nitrogen and oxygen atoms in total. The van der Waals surface area contributed by atoms with Gasteiger partial charge in [0.1, 0.15) is 11.8 Å². The van der Waals surface area contributed by atoms with Crippen molar-refractivity contribution in [1.29, 1.82) is 5.26 Å². The van der Waals surface area contributed by atoms with Gasteiger partial charge in [-0.25, -0.2) is 4.79 Å². The highest BCUT2D eigenvalue weighted by Crippen LogP contribution is 2.37. The lowest BCUT2D eigenvalue weighted by Gasteiger charge is -2.13. The maximum Gasteiger partial charge on any atom is 0.420 e. The molecule has 1 aromatic carbocycles. The molecule has 0 radical (unpaired) electrons. The van der Waals surface area contributed by atoms with E-state index in [-0.39, 0.29) is 5.56 Å². The summed E-state index contributed by atoms with van der Waals surface area (Å²) in [4.78, 5) is 11.3. The van der Waals surface area contributed by atoms with E-state index < -0.39 is 29.0 Å². The van der Waals surface area contributed by atoms with Crippen molar-refractivity contribution in [3.63, 3.8) is 0 Å². The Morgan fingerprint density at radius 1 is 1.33 bits per heavy atom. The number of hydrogen-bond acceptors (Lipinski definition) is 4. The van der Waals surface area contributed by atoms with Crippen molar-refractivity contribution >= 4 is 5.97 Å². The average Bonchev–Trinajstić information content (AvgIpc) is 2.34. The van der Waals surface area contributed by atoms with Crippen LogP contribution in [0, 0.1) is 11.3 Å². The Bertz CT molecular complexity index is 517. The SMILES string of the molecule is COC(=O)c1cc(OC)c(C(F)(F)F)cc1C#N. The molecule has 0 fully saturated rings. The molecule has 0 saturated carbocycles. The molecule has 0 unspecified atom stereocenters. The highest BCUT2D eigenvalue weighted by atomic mass is 19.4. The molecule has 0 N–H and O–H groups in total. The van der Waals surface area contributed by atoms with Gasteiger partial charge in [0.25, 0.3) is 0 Å². The van der Waals surface area contributed by atoms with Crippen LogP contribution in [0.1, 0.15) is 21.5 Å². The van der Waals surface area contributed by atoms with E-state index in [0.29, 0.717) is 6.07 Å². The number of ether oxygens (including phenoxy) is 2. The van der Waals surface area contributed by atoms with Crippen LogP contribution in [0.25, 0.3) is 0 Å². The first-order valence-corrected chi connectivity index (χ1v) is 4.62. The summed E-state index contributed by atoms with van der Waals surface area (Å²) in [6.07, 6.45) is -4.68. The maximum absolute atomic E-state index is 12.7. The Labute approximate surface area is 101 Å². The molecule has 0 spiro atoms. The van der Waals surface area contributed by atoms with E-state index >= 15 is 0 Å². The highest BCUT2D eigenvalue weighted by molar-refractivity contribution is 5.93. The van der Waals surface area contributed by atoms with Crippen molar-refractivity contribution in [2.24, 2.45) is 0 Å². The summed E-state index contributed by atoms with van der Waals surface area (Å²) in [5, 5.41) is 8.75. The first-order chi connectivity index (χ1) is 8.35. The lowest BCUT2D eigenvalue weighted by molar-refractivity contribution is -0.138. The van der Waals surface area contributed by atoms with Crippen LogP contribution in [0.2, 0.25) is 0 Å². The second kappa shape index (κ2) is 4.96. The van der Waals surface area contributed by atoms with Crippen molar-refractivity contribution in [3.8, 4) is 11.8 Å². The number of hydrogen-bond donors (Lipinski definition) is 0. The molecular formula is C11H8F3NO3. The predicted molar refractivity (Wildman–Crippen MR) is 54.1 cm³/mol. The van der Waals surface area contributed by atoms with Crippen molar-refractivity contribution in [3.05, 3.63) is 28.8 Å². The van der Waals surface area contributed by atoms with Gasteiger partial charge in [-0.3, -0.25) is 0 Å². The number of carbonyl (C=O) groups excluding carboxylic acids is 1. The molecule has 1 aromatic rings. The fourth-order valence-corrected chi connectivity index (χ4v) is 1.34. The number of carbonyl (C=O) groups is 1. The molecule has 0 saturated heterocycles. The molecule has 0 heterocycles. The average molecular weight is 259 g/mol. The third-order valence-corrected chi connectivity index (χ3v) is 2.17. The van der Waals surface area contributed by atoms with Crippen LogP contribution in [0.4, 0.5) is 13.2 Å². The zero-order valence-electron chi connectivity index (χ0n) is 9.46. The van der Waals surface area contributed by atoms with Gasteiger partial charge in [-0.1, -0.05) is 0 Å². The summed E-state index contributed by atoms with van der Waals surface area (Å²) in [6, 6.07) is 2.92. The summed E-state index contributed by atoms with van der Waals surface area (Å²) in [5.41, 5.74) is -1.81. The minimum Gasteiger partial charge on any atom is -0.496 e. The summed E-state index contributed by atoms with van der Waals surface area (Å²) in [5.74, 6) is -1.44. The maximum atomic E-state index is 12.7. The van der Waals surface area contributed by atoms with E-state index in [1.807, 2.05) is 0 Å². The number of alkyl halides is 3. The Kier molecular flexibility index (Phi) is 3.81. The van der Waals surface area contributed by atoms with Crippen LogP contribution in [0.15, 0.2) is 12.1 Å². The number of rotatable bonds is 2. The van der Waals surface area contributed by atoms with Crippen molar-refractivity contribution in [2.75, 3.05) is 14.2 Å². The Morgan fingerprint density at radius 2 is 1.94 bits per heavy atom. The van der Waals surface area contributed by atoms with Gasteiger partial charge in [0, 0.05) is 0 Å². The second-order valence-corrected chi connectivity index (χ2v) is 3.20. The van der Waals surface area contributed by atoms with Crippen molar-refractivity contribution in [1.82, 2.24) is 0 Å². The van der Waals surface area contributed by atoms with Gasteiger partial charge >= 0.3 is 12.1 Å². The molecule has 0 bridgehead atoms. The van der Waals surface area contributed by atoms with E-state index in [4.69, 9.17) is 5.26 Å². The van der Waals surface area contributed by atoms with Gasteiger partial charge in [-0.2, -0.15) is 18.4 Å². The number of esters is 1. The van der Waals surface area contributed by atoms with E-state index in [9.17, 15) is 18.0 Å². The van der Waals surface area contributed by atoms with E-state index in [1.165, 1.54) is 6.07 Å². The molecule has 7 heteroatoms. The monoisotopic (exact) mass is 259 g/mol. The molecule has 0 amide bonds. The molecule has 18 heavy (non-hydrogen) atoms. The van der Waals surface area contributed by atoms with Crippen molar-refractivity contribution in [2.45, 2.75) is 6.18 Å². The number of nitriles is 1. The van der Waals surface area contributed by atoms with Gasteiger partial charge < -0.3 is 9.47 Å². The van der Waals surface area contributed by atoms with Crippen LogP contribution in [-0.2, 0) is 10.9 Å². The topological polar surface area (TPSA) is 59.3 Å². The highest BCUT2D eigenvalue weighted by Gasteiger charge is 2.36. The first-order valence-electron chi connectivity index (χ1n) is 4.62. The number of methoxy groups -OCH3 is 2. The molecular weight excluding hydrogens is 251 g/mol. The van der Waals surface area contributed by atoms with Crippen LogP contribution in [-0.4, -0.2) is 20.2 Å². The Balaban J connectivity index is 3.53. The fraction of sp³-hybridized carbons (Fsp3) is 0.273. The predicted octanol–water partition coefficient (Wildman–Crippen LogP) is 2.37. The van der Waals surface area contributed by atoms with Crippen LogP contribution in [0.3, 0.4) is 0 Å². The number of halogens is 3. The summed E-state index contributed by atoms with van der Waals surface area (Å²) in [6.45, 7) is 0. The second-order valence-electron chi connectivity index (χ2n) is 3.20. The zero-order valence-corrected chi connectivity index (χ0v) is 9.46. The Morgan fingerprint density at radius 3 is 2.33 bits per heavy atom. The van der Waals surface area contributed by atoms with Crippen LogP contribution < -0.4 is 4.74 Å². The van der Waals surface area contributed by atoms with E-state index in [0.717, 1.165) is 20.3 Å². The van der Waals surface area contributed by atoms with E-state index in [2.05, 4.69) is 9.47 Å². The molecule has 0 aliphatic heterocycles. The molecule has 0 atom stereocenters. The minimum absolute atomic E-state index is 0.273. The third kappa shape index (κ3) is 2.53. The molecule has 1 rings (SSSR count). The quantitative estimate of drug-likeness (QED) is 0.765. The van der Waals surface area contributed by atoms with E-state index in [1.54, 1.807) is 0 Å². The summed E-state index contributed by atoms with van der Waals surface area (Å²) in [7, 11) is 2.10. The standard InChI is InChI=1S/C11H8F3NO3/c1-17-9-4-7(10(16)18-2)6(5-15)3-8(9)11(12,13)14/h3-4H,1-2H3. The van der Waals surface area contributed by atoms with Crippen LogP contribution in [0.5, 0.6) is 5.75 Å². The molecule has 0 aliphatic rings. The van der Waals surface area contributed by atoms with Gasteiger partial charge in [-0.15, -0.1) is 0 Å². The van der Waals surface area contributed by atoms with Gasteiger partial charge in [-0.05, 0) is 12.1 Å². The molecule has 96 valence electrons. The summed E-state index contributed by atoms with van der Waals surface area (Å²) < 4.78 is 46.9. The first kappa shape index (κ1) is 13.8. The number of benzene rings is 1. The lowest BCUT2D eigenvalue weighted by atomic mass is 10.0. The minimum atomic E-state index is -4.68. The fourth-order valence-electron chi connectivity index (χ4n) is 1.34. The van der Waals surface area contributed by atoms with Gasteiger partial charge in [0.2, 0.25) is 0 Å². The third-order valence-electron chi connectivity index (χ3n) is 2.17.